The molecule has 148 valence electrons. The van der Waals surface area contributed by atoms with Crippen molar-refractivity contribution in [1.82, 2.24) is 10.6 Å². The Morgan fingerprint density at radius 1 is 1.15 bits per heavy atom. The van der Waals surface area contributed by atoms with Crippen LogP contribution in [0.3, 0.4) is 0 Å². The minimum absolute atomic E-state index is 0.0829. The lowest BCUT2D eigenvalue weighted by atomic mass is 9.78. The number of rotatable bonds is 4. The second-order valence-corrected chi connectivity index (χ2v) is 8.65. The monoisotopic (exact) mass is 380 g/mol. The van der Waals surface area contributed by atoms with E-state index in [2.05, 4.69) is 10.6 Å². The molecule has 6 heteroatoms. The largest absolute Gasteiger partial charge is 0.416 e. The average molecular weight is 380 g/mol. The summed E-state index contributed by atoms with van der Waals surface area (Å²) >= 11 is 0. The number of hydrogen-bond acceptors (Lipinski definition) is 2. The molecule has 2 saturated carbocycles. The highest BCUT2D eigenvalue weighted by atomic mass is 19.4. The number of hydrogen-bond donors (Lipinski definition) is 2. The van der Waals surface area contributed by atoms with Crippen LogP contribution in [0.1, 0.15) is 56.1 Å². The molecule has 4 rings (SSSR count). The zero-order valence-electron chi connectivity index (χ0n) is 15.5. The van der Waals surface area contributed by atoms with Crippen LogP contribution in [0.4, 0.5) is 13.2 Å². The summed E-state index contributed by atoms with van der Waals surface area (Å²) in [7, 11) is 0. The fourth-order valence-corrected chi connectivity index (χ4v) is 5.22. The highest BCUT2D eigenvalue weighted by Gasteiger charge is 2.57. The van der Waals surface area contributed by atoms with Crippen LogP contribution in [-0.4, -0.2) is 25.5 Å². The first kappa shape index (κ1) is 18.8. The van der Waals surface area contributed by atoms with Gasteiger partial charge in [0.2, 0.25) is 5.91 Å². The van der Waals surface area contributed by atoms with Gasteiger partial charge in [0.1, 0.15) is 0 Å². The van der Waals surface area contributed by atoms with Gasteiger partial charge >= 0.3 is 6.18 Å². The van der Waals surface area contributed by atoms with E-state index in [0.29, 0.717) is 12.1 Å². The molecule has 3 aliphatic rings. The van der Waals surface area contributed by atoms with E-state index in [9.17, 15) is 18.0 Å². The Balaban J connectivity index is 1.46. The van der Waals surface area contributed by atoms with Crippen molar-refractivity contribution in [3.05, 3.63) is 35.4 Å². The first-order valence-electron chi connectivity index (χ1n) is 10.0. The van der Waals surface area contributed by atoms with Gasteiger partial charge in [-0.2, -0.15) is 13.2 Å². The molecule has 3 nitrogen and oxygen atoms in total. The highest BCUT2D eigenvalue weighted by molar-refractivity contribution is 5.82. The predicted molar refractivity (Wildman–Crippen MR) is 97.2 cm³/mol. The third kappa shape index (κ3) is 3.60. The lowest BCUT2D eigenvalue weighted by Gasteiger charge is -2.31. The van der Waals surface area contributed by atoms with Crippen molar-refractivity contribution in [2.24, 2.45) is 11.3 Å². The summed E-state index contributed by atoms with van der Waals surface area (Å²) in [6.45, 7) is 2.38. The van der Waals surface area contributed by atoms with Gasteiger partial charge in [0.25, 0.3) is 0 Å². The Hall–Kier alpha value is -1.56. The van der Waals surface area contributed by atoms with Crippen LogP contribution in [0.15, 0.2) is 24.3 Å². The summed E-state index contributed by atoms with van der Waals surface area (Å²) in [6, 6.07) is 5.68. The number of amides is 1. The van der Waals surface area contributed by atoms with Crippen molar-refractivity contribution in [2.75, 3.05) is 19.6 Å². The Kier molecular flexibility index (Phi) is 4.73. The Morgan fingerprint density at radius 3 is 2.52 bits per heavy atom. The second-order valence-electron chi connectivity index (χ2n) is 8.65. The SMILES string of the molecule is O=C(NCC1(c2cccc(C(F)(F)F)c2)CCCC1)C1CC12CCNCC2. The number of piperidine rings is 1. The molecule has 1 amide bonds. The number of benzene rings is 1. The standard InChI is InChI=1S/C21H27F3N2O/c22-21(23,24)16-5-3-4-15(12-16)20(6-1-2-7-20)14-26-18(27)17-13-19(17)8-10-25-11-9-19/h3-5,12,17,25H,1-2,6-11,13-14H2,(H,26,27). The topological polar surface area (TPSA) is 41.1 Å². The van der Waals surface area contributed by atoms with Crippen molar-refractivity contribution >= 4 is 5.91 Å². The first-order chi connectivity index (χ1) is 12.8. The zero-order valence-corrected chi connectivity index (χ0v) is 15.5. The van der Waals surface area contributed by atoms with E-state index in [1.54, 1.807) is 6.07 Å². The van der Waals surface area contributed by atoms with Crippen molar-refractivity contribution < 1.29 is 18.0 Å². The summed E-state index contributed by atoms with van der Waals surface area (Å²) in [4.78, 5) is 12.7. The fourth-order valence-electron chi connectivity index (χ4n) is 5.22. The van der Waals surface area contributed by atoms with E-state index >= 15 is 0 Å². The molecule has 1 unspecified atom stereocenters. The molecule has 27 heavy (non-hydrogen) atoms. The summed E-state index contributed by atoms with van der Waals surface area (Å²) in [5.74, 6) is 0.176. The lowest BCUT2D eigenvalue weighted by Crippen LogP contribution is -2.41. The van der Waals surface area contributed by atoms with Crippen LogP contribution >= 0.6 is 0 Å². The maximum absolute atomic E-state index is 13.1. The Labute approximate surface area is 158 Å². The molecule has 0 radical (unpaired) electrons. The molecule has 0 bridgehead atoms. The molecule has 1 aromatic carbocycles. The van der Waals surface area contributed by atoms with Crippen LogP contribution in [0.2, 0.25) is 0 Å². The van der Waals surface area contributed by atoms with E-state index in [4.69, 9.17) is 0 Å². The van der Waals surface area contributed by atoms with Crippen LogP contribution in [-0.2, 0) is 16.4 Å². The van der Waals surface area contributed by atoms with Gasteiger partial charge in [-0.15, -0.1) is 0 Å². The van der Waals surface area contributed by atoms with E-state index in [-0.39, 0.29) is 22.7 Å². The first-order valence-corrected chi connectivity index (χ1v) is 10.0. The van der Waals surface area contributed by atoms with Gasteiger partial charge in [-0.05, 0) is 62.2 Å². The number of halogens is 3. The van der Waals surface area contributed by atoms with E-state index in [1.807, 2.05) is 0 Å². The summed E-state index contributed by atoms with van der Waals surface area (Å²) in [5.41, 5.74) is -0.0856. The average Bonchev–Trinajstić information content (AvgIpc) is 3.13. The summed E-state index contributed by atoms with van der Waals surface area (Å²) in [6.07, 6.45) is 2.35. The third-order valence-corrected chi connectivity index (χ3v) is 7.07. The molecule has 2 N–H and O–H groups in total. The minimum Gasteiger partial charge on any atom is -0.355 e. The van der Waals surface area contributed by atoms with Gasteiger partial charge in [0.05, 0.1) is 5.56 Å². The van der Waals surface area contributed by atoms with E-state index in [1.165, 1.54) is 12.1 Å². The van der Waals surface area contributed by atoms with Crippen LogP contribution in [0.5, 0.6) is 0 Å². The predicted octanol–water partition coefficient (Wildman–Crippen LogP) is 4.02. The normalized spacial score (nSPS) is 26.1. The number of carbonyl (C=O) groups is 1. The Bertz CT molecular complexity index is 704. The van der Waals surface area contributed by atoms with Crippen LogP contribution in [0, 0.1) is 11.3 Å². The quantitative estimate of drug-likeness (QED) is 0.828. The number of alkyl halides is 3. The molecule has 1 aromatic rings. The molecule has 1 atom stereocenters. The molecular weight excluding hydrogens is 353 g/mol. The molecule has 1 aliphatic heterocycles. The van der Waals surface area contributed by atoms with Gasteiger partial charge in [-0.1, -0.05) is 31.0 Å². The number of nitrogens with one attached hydrogen (secondary N) is 2. The van der Waals surface area contributed by atoms with Crippen LogP contribution in [0.25, 0.3) is 0 Å². The minimum atomic E-state index is -4.34. The summed E-state index contributed by atoms with van der Waals surface area (Å²) in [5, 5.41) is 6.45. The third-order valence-electron chi connectivity index (χ3n) is 7.07. The molecule has 1 saturated heterocycles. The fraction of sp³-hybridized carbons (Fsp3) is 0.667. The molecule has 2 aliphatic carbocycles. The van der Waals surface area contributed by atoms with Gasteiger partial charge in [-0.3, -0.25) is 4.79 Å². The van der Waals surface area contributed by atoms with Crippen molar-refractivity contribution in [3.63, 3.8) is 0 Å². The van der Waals surface area contributed by atoms with Gasteiger partial charge in [0.15, 0.2) is 0 Å². The molecule has 0 aromatic heterocycles. The molecule has 1 spiro atoms. The van der Waals surface area contributed by atoms with E-state index in [0.717, 1.165) is 64.1 Å². The van der Waals surface area contributed by atoms with Crippen LogP contribution < -0.4 is 10.6 Å². The second kappa shape index (κ2) is 6.80. The smallest absolute Gasteiger partial charge is 0.355 e. The Morgan fingerprint density at radius 2 is 1.85 bits per heavy atom. The summed E-state index contributed by atoms with van der Waals surface area (Å²) < 4.78 is 39.4. The number of carbonyl (C=O) groups excluding carboxylic acids is 1. The van der Waals surface area contributed by atoms with Crippen molar-refractivity contribution in [1.29, 1.82) is 0 Å². The van der Waals surface area contributed by atoms with Gasteiger partial charge < -0.3 is 10.6 Å². The molecular formula is C21H27F3N2O. The van der Waals surface area contributed by atoms with Crippen molar-refractivity contribution in [2.45, 2.75) is 56.5 Å². The van der Waals surface area contributed by atoms with Gasteiger partial charge in [-0.25, -0.2) is 0 Å². The zero-order chi connectivity index (χ0) is 19.1. The molecule has 1 heterocycles. The molecule has 3 fully saturated rings. The lowest BCUT2D eigenvalue weighted by molar-refractivity contribution is -0.137. The highest BCUT2D eigenvalue weighted by Crippen LogP contribution is 2.58. The maximum Gasteiger partial charge on any atom is 0.416 e. The van der Waals surface area contributed by atoms with E-state index < -0.39 is 11.7 Å². The maximum atomic E-state index is 13.1. The van der Waals surface area contributed by atoms with Gasteiger partial charge in [0, 0.05) is 17.9 Å². The van der Waals surface area contributed by atoms with Crippen molar-refractivity contribution in [3.8, 4) is 0 Å².